The van der Waals surface area contributed by atoms with Crippen LogP contribution in [0.3, 0.4) is 0 Å². The normalized spacial score (nSPS) is 18.8. The molecular formula is C20H18ClN3O2. The lowest BCUT2D eigenvalue weighted by Gasteiger charge is -2.33. The van der Waals surface area contributed by atoms with Gasteiger partial charge in [-0.25, -0.2) is 0 Å². The maximum Gasteiger partial charge on any atom is 0.269 e. The Bertz CT molecular complexity index is 1040. The third-order valence-corrected chi connectivity index (χ3v) is 6.04. The second-order valence-electron chi connectivity index (χ2n) is 7.10. The van der Waals surface area contributed by atoms with E-state index in [0.29, 0.717) is 0 Å². The van der Waals surface area contributed by atoms with Crippen LogP contribution in [0.4, 0.5) is 11.4 Å². The van der Waals surface area contributed by atoms with Gasteiger partial charge in [0, 0.05) is 41.0 Å². The van der Waals surface area contributed by atoms with Crippen LogP contribution in [0, 0.1) is 10.1 Å². The van der Waals surface area contributed by atoms with Crippen molar-refractivity contribution in [1.82, 2.24) is 4.98 Å². The molecular weight excluding hydrogens is 350 g/mol. The van der Waals surface area contributed by atoms with Crippen molar-refractivity contribution in [2.24, 2.45) is 0 Å². The van der Waals surface area contributed by atoms with Crippen molar-refractivity contribution in [1.29, 1.82) is 0 Å². The number of benzene rings is 2. The molecule has 1 unspecified atom stereocenters. The van der Waals surface area contributed by atoms with Gasteiger partial charge in [-0.05, 0) is 55.0 Å². The zero-order valence-electron chi connectivity index (χ0n) is 14.2. The van der Waals surface area contributed by atoms with E-state index in [1.807, 2.05) is 18.2 Å². The van der Waals surface area contributed by atoms with Gasteiger partial charge < -0.3 is 9.88 Å². The topological polar surface area (TPSA) is 62.2 Å². The number of fused-ring (bicyclic) bond motifs is 4. The number of aromatic nitrogens is 1. The first-order valence-corrected chi connectivity index (χ1v) is 9.34. The first kappa shape index (κ1) is 15.7. The Hall–Kier alpha value is -2.53. The Balaban J connectivity index is 1.60. The number of nitrogens with one attached hydrogen (secondary N) is 1. The standard InChI is InChI=1S/C20H18ClN3O2/c21-15-4-2-5-16-19(15)14-3-1-6-18(20(14)22-16)23-10-9-12-11-13(24(25)26)7-8-17(12)23/h2,4-5,7-8,11,18,22H,1,3,6,9-10H2. The fourth-order valence-corrected chi connectivity index (χ4v) is 4.90. The maximum absolute atomic E-state index is 11.1. The Labute approximate surface area is 155 Å². The van der Waals surface area contributed by atoms with E-state index in [2.05, 4.69) is 16.0 Å². The molecule has 26 heavy (non-hydrogen) atoms. The molecule has 0 amide bonds. The number of rotatable bonds is 2. The molecule has 6 heteroatoms. The highest BCUT2D eigenvalue weighted by Gasteiger charge is 2.33. The highest BCUT2D eigenvalue weighted by atomic mass is 35.5. The van der Waals surface area contributed by atoms with Crippen molar-refractivity contribution >= 4 is 33.9 Å². The summed E-state index contributed by atoms with van der Waals surface area (Å²) in [6.07, 6.45) is 4.09. The van der Waals surface area contributed by atoms with Crippen molar-refractivity contribution < 1.29 is 4.92 Å². The number of aromatic amines is 1. The Morgan fingerprint density at radius 1 is 1.23 bits per heavy atom. The highest BCUT2D eigenvalue weighted by molar-refractivity contribution is 6.35. The zero-order chi connectivity index (χ0) is 17.8. The summed E-state index contributed by atoms with van der Waals surface area (Å²) in [5, 5.41) is 13.0. The minimum atomic E-state index is -0.318. The van der Waals surface area contributed by atoms with Crippen LogP contribution in [-0.2, 0) is 12.8 Å². The molecule has 0 radical (unpaired) electrons. The smallest absolute Gasteiger partial charge is 0.269 e. The van der Waals surface area contributed by atoms with Crippen LogP contribution in [0.25, 0.3) is 10.9 Å². The molecule has 2 aliphatic rings. The van der Waals surface area contributed by atoms with Crippen molar-refractivity contribution in [3.8, 4) is 0 Å². The van der Waals surface area contributed by atoms with E-state index in [4.69, 9.17) is 11.6 Å². The van der Waals surface area contributed by atoms with E-state index in [9.17, 15) is 10.1 Å². The van der Waals surface area contributed by atoms with Gasteiger partial charge in [0.1, 0.15) is 0 Å². The molecule has 5 rings (SSSR count). The third kappa shape index (κ3) is 2.23. The fourth-order valence-electron chi connectivity index (χ4n) is 4.61. The molecule has 0 fully saturated rings. The van der Waals surface area contributed by atoms with Gasteiger partial charge in [-0.15, -0.1) is 0 Å². The van der Waals surface area contributed by atoms with Crippen LogP contribution in [0.2, 0.25) is 5.02 Å². The summed E-state index contributed by atoms with van der Waals surface area (Å²) in [5.41, 5.74) is 6.05. The predicted octanol–water partition coefficient (Wildman–Crippen LogP) is 5.17. The fraction of sp³-hybridized carbons (Fsp3) is 0.300. The lowest BCUT2D eigenvalue weighted by atomic mass is 9.90. The summed E-state index contributed by atoms with van der Waals surface area (Å²) in [4.78, 5) is 16.7. The van der Waals surface area contributed by atoms with Gasteiger partial charge in [0.2, 0.25) is 0 Å². The number of non-ortho nitro benzene ring substituents is 1. The quantitative estimate of drug-likeness (QED) is 0.502. The molecule has 1 aromatic heterocycles. The second kappa shape index (κ2) is 5.74. The maximum atomic E-state index is 11.1. The van der Waals surface area contributed by atoms with Crippen LogP contribution in [0.1, 0.15) is 35.7 Å². The molecule has 1 atom stereocenters. The molecule has 5 nitrogen and oxygen atoms in total. The molecule has 0 spiro atoms. The summed E-state index contributed by atoms with van der Waals surface area (Å²) < 4.78 is 0. The number of hydrogen-bond acceptors (Lipinski definition) is 3. The molecule has 1 N–H and O–H groups in total. The minimum absolute atomic E-state index is 0.173. The van der Waals surface area contributed by atoms with Gasteiger partial charge in [0.15, 0.2) is 0 Å². The molecule has 2 aromatic carbocycles. The predicted molar refractivity (Wildman–Crippen MR) is 103 cm³/mol. The van der Waals surface area contributed by atoms with Crippen LogP contribution in [0.15, 0.2) is 36.4 Å². The van der Waals surface area contributed by atoms with Crippen molar-refractivity contribution in [3.05, 3.63) is 68.4 Å². The summed E-state index contributed by atoms with van der Waals surface area (Å²) >= 11 is 6.47. The summed E-state index contributed by atoms with van der Waals surface area (Å²) in [7, 11) is 0. The molecule has 0 saturated carbocycles. The molecule has 2 heterocycles. The van der Waals surface area contributed by atoms with Crippen LogP contribution in [-0.4, -0.2) is 16.5 Å². The van der Waals surface area contributed by atoms with Crippen molar-refractivity contribution in [3.63, 3.8) is 0 Å². The largest absolute Gasteiger partial charge is 0.362 e. The first-order valence-electron chi connectivity index (χ1n) is 8.96. The molecule has 1 aliphatic carbocycles. The van der Waals surface area contributed by atoms with E-state index < -0.39 is 0 Å². The molecule has 1 aliphatic heterocycles. The number of nitrogens with zero attached hydrogens (tertiary/aromatic N) is 2. The lowest BCUT2D eigenvalue weighted by Crippen LogP contribution is -2.29. The van der Waals surface area contributed by atoms with Crippen LogP contribution in [0.5, 0.6) is 0 Å². The Morgan fingerprint density at radius 2 is 2.12 bits per heavy atom. The van der Waals surface area contributed by atoms with Gasteiger partial charge in [-0.3, -0.25) is 10.1 Å². The number of aryl methyl sites for hydroxylation is 1. The average Bonchev–Trinajstić information content (AvgIpc) is 3.22. The Morgan fingerprint density at radius 3 is 2.96 bits per heavy atom. The number of nitro groups is 1. The lowest BCUT2D eigenvalue weighted by molar-refractivity contribution is -0.384. The monoisotopic (exact) mass is 367 g/mol. The van der Waals surface area contributed by atoms with Gasteiger partial charge in [0.05, 0.1) is 16.0 Å². The van der Waals surface area contributed by atoms with Gasteiger partial charge in [0.25, 0.3) is 5.69 Å². The summed E-state index contributed by atoms with van der Waals surface area (Å²) in [6.45, 7) is 0.893. The SMILES string of the molecule is O=[N+]([O-])c1ccc2c(c1)CCN2C1CCCc2c1[nH]c1cccc(Cl)c21. The number of H-pyrrole nitrogens is 1. The van der Waals surface area contributed by atoms with E-state index in [0.717, 1.165) is 59.4 Å². The van der Waals surface area contributed by atoms with Crippen LogP contribution >= 0.6 is 11.6 Å². The Kier molecular flexibility index (Phi) is 3.47. The summed E-state index contributed by atoms with van der Waals surface area (Å²) in [6, 6.07) is 11.5. The van der Waals surface area contributed by atoms with E-state index in [1.165, 1.54) is 11.3 Å². The minimum Gasteiger partial charge on any atom is -0.362 e. The third-order valence-electron chi connectivity index (χ3n) is 5.73. The van der Waals surface area contributed by atoms with E-state index >= 15 is 0 Å². The van der Waals surface area contributed by atoms with Crippen LogP contribution < -0.4 is 4.90 Å². The zero-order valence-corrected chi connectivity index (χ0v) is 14.9. The van der Waals surface area contributed by atoms with Gasteiger partial charge in [-0.2, -0.15) is 0 Å². The van der Waals surface area contributed by atoms with Gasteiger partial charge >= 0.3 is 0 Å². The molecule has 0 saturated heterocycles. The number of nitro benzene ring substituents is 1. The second-order valence-corrected chi connectivity index (χ2v) is 7.51. The van der Waals surface area contributed by atoms with E-state index in [-0.39, 0.29) is 16.7 Å². The van der Waals surface area contributed by atoms with Gasteiger partial charge in [-0.1, -0.05) is 17.7 Å². The highest BCUT2D eigenvalue weighted by Crippen LogP contribution is 2.44. The number of halogens is 1. The first-order chi connectivity index (χ1) is 12.6. The number of hydrogen-bond donors (Lipinski definition) is 1. The molecule has 0 bridgehead atoms. The molecule has 132 valence electrons. The number of anilines is 1. The van der Waals surface area contributed by atoms with Crippen molar-refractivity contribution in [2.45, 2.75) is 31.7 Å². The van der Waals surface area contributed by atoms with Crippen molar-refractivity contribution in [2.75, 3.05) is 11.4 Å². The van der Waals surface area contributed by atoms with E-state index in [1.54, 1.807) is 12.1 Å². The average molecular weight is 368 g/mol. The molecule has 3 aromatic rings. The summed E-state index contributed by atoms with van der Waals surface area (Å²) in [5.74, 6) is 0.